The highest BCUT2D eigenvalue weighted by Crippen LogP contribution is 2.16. The maximum absolute atomic E-state index is 11.9. The van der Waals surface area contributed by atoms with E-state index in [2.05, 4.69) is 17.2 Å². The lowest BCUT2D eigenvalue weighted by Crippen LogP contribution is -2.44. The van der Waals surface area contributed by atoms with E-state index in [1.807, 2.05) is 18.0 Å². The Balaban J connectivity index is 1.80. The molecule has 94 valence electrons. The van der Waals surface area contributed by atoms with Gasteiger partial charge in [0.05, 0.1) is 11.6 Å². The third-order valence-electron chi connectivity index (χ3n) is 3.03. The second-order valence-electron chi connectivity index (χ2n) is 4.70. The summed E-state index contributed by atoms with van der Waals surface area (Å²) in [7, 11) is 0. The van der Waals surface area contributed by atoms with Gasteiger partial charge < -0.3 is 10.2 Å². The number of nitrogens with one attached hydrogen (secondary N) is 1. The summed E-state index contributed by atoms with van der Waals surface area (Å²) in [5, 5.41) is 4.00. The average molecular weight is 253 g/mol. The molecule has 1 aromatic heterocycles. The van der Waals surface area contributed by atoms with Crippen LogP contribution in [-0.2, 0) is 6.54 Å². The molecule has 2 amide bonds. The van der Waals surface area contributed by atoms with Crippen molar-refractivity contribution < 1.29 is 4.79 Å². The standard InChI is InChI=1S/C12H19N3OS/c1-9-4-3-5-15(8-9)12(16)14-7-11-6-13-10(2)17-11/h6,9H,3-5,7-8H2,1-2H3,(H,14,16). The fourth-order valence-electron chi connectivity index (χ4n) is 2.14. The Bertz CT molecular complexity index is 391. The van der Waals surface area contributed by atoms with Gasteiger partial charge in [0.15, 0.2) is 0 Å². The molecule has 0 saturated carbocycles. The van der Waals surface area contributed by atoms with Crippen LogP contribution in [-0.4, -0.2) is 29.0 Å². The molecule has 1 unspecified atom stereocenters. The Kier molecular flexibility index (Phi) is 3.99. The zero-order valence-electron chi connectivity index (χ0n) is 10.4. The number of carbonyl (C=O) groups is 1. The SMILES string of the molecule is Cc1ncc(CNC(=O)N2CCCC(C)C2)s1. The molecule has 2 heterocycles. The third kappa shape index (κ3) is 3.43. The van der Waals surface area contributed by atoms with Crippen LogP contribution >= 0.6 is 11.3 Å². The lowest BCUT2D eigenvalue weighted by atomic mass is 10.0. The second kappa shape index (κ2) is 5.49. The Morgan fingerprint density at radius 2 is 2.53 bits per heavy atom. The minimum absolute atomic E-state index is 0.0580. The molecule has 1 saturated heterocycles. The molecule has 5 heteroatoms. The van der Waals surface area contributed by atoms with Crippen LogP contribution in [0.2, 0.25) is 0 Å². The monoisotopic (exact) mass is 253 g/mol. The Hall–Kier alpha value is -1.10. The molecule has 1 fully saturated rings. The largest absolute Gasteiger partial charge is 0.333 e. The van der Waals surface area contributed by atoms with E-state index >= 15 is 0 Å². The topological polar surface area (TPSA) is 45.2 Å². The van der Waals surface area contributed by atoms with Gasteiger partial charge in [-0.25, -0.2) is 9.78 Å². The van der Waals surface area contributed by atoms with Crippen molar-refractivity contribution in [3.63, 3.8) is 0 Å². The van der Waals surface area contributed by atoms with Crippen LogP contribution in [0.5, 0.6) is 0 Å². The molecule has 1 N–H and O–H groups in total. The average Bonchev–Trinajstić information content (AvgIpc) is 2.72. The zero-order chi connectivity index (χ0) is 12.3. The van der Waals surface area contributed by atoms with Crippen molar-refractivity contribution in [3.8, 4) is 0 Å². The summed E-state index contributed by atoms with van der Waals surface area (Å²) in [4.78, 5) is 19.1. The number of hydrogen-bond acceptors (Lipinski definition) is 3. The van der Waals surface area contributed by atoms with Gasteiger partial charge in [0.2, 0.25) is 0 Å². The molecule has 0 radical (unpaired) electrons. The van der Waals surface area contributed by atoms with Crippen LogP contribution in [0.3, 0.4) is 0 Å². The van der Waals surface area contributed by atoms with Crippen LogP contribution in [0, 0.1) is 12.8 Å². The highest BCUT2D eigenvalue weighted by Gasteiger charge is 2.20. The van der Waals surface area contributed by atoms with Gasteiger partial charge >= 0.3 is 6.03 Å². The quantitative estimate of drug-likeness (QED) is 0.879. The van der Waals surface area contributed by atoms with E-state index in [-0.39, 0.29) is 6.03 Å². The molecule has 1 aliphatic rings. The normalized spacial score (nSPS) is 20.4. The number of urea groups is 1. The van der Waals surface area contributed by atoms with Gasteiger partial charge in [-0.2, -0.15) is 0 Å². The Morgan fingerprint density at radius 3 is 3.18 bits per heavy atom. The van der Waals surface area contributed by atoms with Crippen molar-refractivity contribution in [1.29, 1.82) is 0 Å². The molecule has 1 aromatic rings. The minimum atomic E-state index is 0.0580. The highest BCUT2D eigenvalue weighted by atomic mass is 32.1. The van der Waals surface area contributed by atoms with E-state index in [0.717, 1.165) is 29.4 Å². The number of piperidine rings is 1. The number of thiazole rings is 1. The van der Waals surface area contributed by atoms with Crippen molar-refractivity contribution in [2.24, 2.45) is 5.92 Å². The van der Waals surface area contributed by atoms with Gasteiger partial charge in [0, 0.05) is 24.2 Å². The summed E-state index contributed by atoms with van der Waals surface area (Å²) in [6, 6.07) is 0.0580. The van der Waals surface area contributed by atoms with E-state index in [4.69, 9.17) is 0 Å². The fraction of sp³-hybridized carbons (Fsp3) is 0.667. The Labute approximate surface area is 106 Å². The summed E-state index contributed by atoms with van der Waals surface area (Å²) < 4.78 is 0. The molecule has 17 heavy (non-hydrogen) atoms. The molecule has 0 bridgehead atoms. The fourth-order valence-corrected chi connectivity index (χ4v) is 2.87. The summed E-state index contributed by atoms with van der Waals surface area (Å²) >= 11 is 1.63. The first-order chi connectivity index (χ1) is 8.15. The molecule has 1 atom stereocenters. The van der Waals surface area contributed by atoms with Crippen molar-refractivity contribution >= 4 is 17.4 Å². The van der Waals surface area contributed by atoms with E-state index in [1.54, 1.807) is 11.3 Å². The molecule has 2 rings (SSSR count). The smallest absolute Gasteiger partial charge is 0.317 e. The van der Waals surface area contributed by atoms with Crippen molar-refractivity contribution in [2.75, 3.05) is 13.1 Å². The van der Waals surface area contributed by atoms with E-state index in [9.17, 15) is 4.79 Å². The van der Waals surface area contributed by atoms with Crippen LogP contribution in [0.1, 0.15) is 29.7 Å². The van der Waals surface area contributed by atoms with Gasteiger partial charge in [0.25, 0.3) is 0 Å². The zero-order valence-corrected chi connectivity index (χ0v) is 11.2. The number of nitrogens with zero attached hydrogens (tertiary/aromatic N) is 2. The molecule has 0 aromatic carbocycles. The molecule has 0 aliphatic carbocycles. The lowest BCUT2D eigenvalue weighted by Gasteiger charge is -2.30. The van der Waals surface area contributed by atoms with E-state index in [1.165, 1.54) is 6.42 Å². The number of aromatic nitrogens is 1. The van der Waals surface area contributed by atoms with Gasteiger partial charge in [-0.1, -0.05) is 6.92 Å². The van der Waals surface area contributed by atoms with Crippen LogP contribution < -0.4 is 5.32 Å². The van der Waals surface area contributed by atoms with Crippen LogP contribution in [0.4, 0.5) is 4.79 Å². The maximum Gasteiger partial charge on any atom is 0.317 e. The predicted molar refractivity (Wildman–Crippen MR) is 69.1 cm³/mol. The highest BCUT2D eigenvalue weighted by molar-refractivity contribution is 7.11. The number of likely N-dealkylation sites (tertiary alicyclic amines) is 1. The molecule has 4 nitrogen and oxygen atoms in total. The van der Waals surface area contributed by atoms with Gasteiger partial charge in [-0.3, -0.25) is 0 Å². The third-order valence-corrected chi connectivity index (χ3v) is 3.94. The lowest BCUT2D eigenvalue weighted by molar-refractivity contribution is 0.169. The number of rotatable bonds is 2. The van der Waals surface area contributed by atoms with Crippen molar-refractivity contribution in [2.45, 2.75) is 33.2 Å². The number of hydrogen-bond donors (Lipinski definition) is 1. The van der Waals surface area contributed by atoms with E-state index < -0.39 is 0 Å². The summed E-state index contributed by atoms with van der Waals surface area (Å²) in [6.45, 7) is 6.54. The minimum Gasteiger partial charge on any atom is -0.333 e. The number of carbonyl (C=O) groups excluding carboxylic acids is 1. The Morgan fingerprint density at radius 1 is 1.71 bits per heavy atom. The van der Waals surface area contributed by atoms with Gasteiger partial charge in [-0.05, 0) is 25.7 Å². The molecule has 1 aliphatic heterocycles. The molecular formula is C12H19N3OS. The van der Waals surface area contributed by atoms with Gasteiger partial charge in [-0.15, -0.1) is 11.3 Å². The molecular weight excluding hydrogens is 234 g/mol. The first kappa shape index (κ1) is 12.4. The van der Waals surface area contributed by atoms with Gasteiger partial charge in [0.1, 0.15) is 0 Å². The molecule has 0 spiro atoms. The number of amides is 2. The van der Waals surface area contributed by atoms with Crippen LogP contribution in [0.15, 0.2) is 6.20 Å². The number of aryl methyl sites for hydroxylation is 1. The van der Waals surface area contributed by atoms with Crippen LogP contribution in [0.25, 0.3) is 0 Å². The van der Waals surface area contributed by atoms with E-state index in [0.29, 0.717) is 12.5 Å². The maximum atomic E-state index is 11.9. The predicted octanol–water partition coefficient (Wildman–Crippen LogP) is 2.39. The summed E-state index contributed by atoms with van der Waals surface area (Å²) in [5.41, 5.74) is 0. The first-order valence-corrected chi connectivity index (χ1v) is 6.91. The van der Waals surface area contributed by atoms with Crippen molar-refractivity contribution in [1.82, 2.24) is 15.2 Å². The first-order valence-electron chi connectivity index (χ1n) is 6.09. The summed E-state index contributed by atoms with van der Waals surface area (Å²) in [5.74, 6) is 0.625. The second-order valence-corrected chi connectivity index (χ2v) is 6.02. The van der Waals surface area contributed by atoms with Crippen molar-refractivity contribution in [3.05, 3.63) is 16.1 Å². The summed E-state index contributed by atoms with van der Waals surface area (Å²) in [6.07, 6.45) is 4.19.